The summed E-state index contributed by atoms with van der Waals surface area (Å²) in [5, 5.41) is 1.00. The van der Waals surface area contributed by atoms with Crippen molar-refractivity contribution in [2.24, 2.45) is 5.92 Å². The van der Waals surface area contributed by atoms with Gasteiger partial charge in [0.15, 0.2) is 0 Å². The highest BCUT2D eigenvalue weighted by atomic mass is 79.9. The van der Waals surface area contributed by atoms with Crippen molar-refractivity contribution in [3.63, 3.8) is 0 Å². The summed E-state index contributed by atoms with van der Waals surface area (Å²) >= 11 is 3.37. The summed E-state index contributed by atoms with van der Waals surface area (Å²) in [6.45, 7) is 0.599. The SMILES string of the molecule is O=S(=O)(CC1CCCCC1)NCCCCCBr. The van der Waals surface area contributed by atoms with E-state index in [-0.39, 0.29) is 0 Å². The summed E-state index contributed by atoms with van der Waals surface area (Å²) in [6, 6.07) is 0. The Morgan fingerprint density at radius 3 is 2.41 bits per heavy atom. The van der Waals surface area contributed by atoms with Crippen molar-refractivity contribution < 1.29 is 8.42 Å². The number of halogens is 1. The van der Waals surface area contributed by atoms with Crippen molar-refractivity contribution in [3.05, 3.63) is 0 Å². The van der Waals surface area contributed by atoms with E-state index in [0.29, 0.717) is 18.2 Å². The largest absolute Gasteiger partial charge is 0.215 e. The minimum atomic E-state index is -3.03. The molecule has 1 aliphatic carbocycles. The lowest BCUT2D eigenvalue weighted by Crippen LogP contribution is -2.31. The average molecular weight is 326 g/mol. The minimum absolute atomic E-state index is 0.339. The molecule has 1 saturated carbocycles. The van der Waals surface area contributed by atoms with Gasteiger partial charge in [-0.15, -0.1) is 0 Å². The molecule has 1 rings (SSSR count). The van der Waals surface area contributed by atoms with E-state index in [4.69, 9.17) is 0 Å². The predicted molar refractivity (Wildman–Crippen MR) is 76.0 cm³/mol. The van der Waals surface area contributed by atoms with E-state index in [2.05, 4.69) is 20.7 Å². The molecule has 0 amide bonds. The first-order chi connectivity index (χ1) is 8.14. The highest BCUT2D eigenvalue weighted by Gasteiger charge is 2.20. The molecule has 1 aliphatic rings. The Hall–Kier alpha value is 0.390. The van der Waals surface area contributed by atoms with Crippen LogP contribution in [-0.2, 0) is 10.0 Å². The van der Waals surface area contributed by atoms with E-state index in [1.165, 1.54) is 19.3 Å². The quantitative estimate of drug-likeness (QED) is 0.550. The van der Waals surface area contributed by atoms with Crippen LogP contribution in [0.5, 0.6) is 0 Å². The maximum Gasteiger partial charge on any atom is 0.211 e. The highest BCUT2D eigenvalue weighted by Crippen LogP contribution is 2.24. The Balaban J connectivity index is 2.16. The number of unbranched alkanes of at least 4 members (excludes halogenated alkanes) is 2. The summed E-state index contributed by atoms with van der Waals surface area (Å²) in [5.74, 6) is 0.731. The molecule has 1 fully saturated rings. The minimum Gasteiger partial charge on any atom is -0.215 e. The standard InChI is InChI=1S/C12H24BrNO2S/c13-9-5-2-6-10-14-17(15,16)11-12-7-3-1-4-8-12/h12,14H,1-11H2. The van der Waals surface area contributed by atoms with Gasteiger partial charge in [-0.05, 0) is 31.6 Å². The summed E-state index contributed by atoms with van der Waals surface area (Å²) in [7, 11) is -3.03. The normalized spacial score (nSPS) is 18.4. The molecule has 0 atom stereocenters. The zero-order chi connectivity index (χ0) is 12.6. The molecule has 0 radical (unpaired) electrons. The van der Waals surface area contributed by atoms with Crippen molar-refractivity contribution in [2.45, 2.75) is 51.4 Å². The third-order valence-corrected chi connectivity index (χ3v) is 5.43. The topological polar surface area (TPSA) is 46.2 Å². The summed E-state index contributed by atoms with van der Waals surface area (Å²) in [6.07, 6.45) is 8.99. The molecule has 0 aromatic rings. The smallest absolute Gasteiger partial charge is 0.211 e. The van der Waals surface area contributed by atoms with Crippen LogP contribution in [0, 0.1) is 5.92 Å². The molecule has 0 bridgehead atoms. The lowest BCUT2D eigenvalue weighted by Gasteiger charge is -2.21. The first kappa shape index (κ1) is 15.4. The van der Waals surface area contributed by atoms with Crippen molar-refractivity contribution in [3.8, 4) is 0 Å². The first-order valence-corrected chi connectivity index (χ1v) is 9.45. The second-order valence-corrected chi connectivity index (χ2v) is 7.57. The fourth-order valence-electron chi connectivity index (χ4n) is 2.35. The van der Waals surface area contributed by atoms with Crippen LogP contribution >= 0.6 is 15.9 Å². The van der Waals surface area contributed by atoms with Crippen LogP contribution in [0.15, 0.2) is 0 Å². The third kappa shape index (κ3) is 7.42. The van der Waals surface area contributed by atoms with Gasteiger partial charge in [0.2, 0.25) is 10.0 Å². The van der Waals surface area contributed by atoms with E-state index in [9.17, 15) is 8.42 Å². The van der Waals surface area contributed by atoms with Gasteiger partial charge in [0, 0.05) is 11.9 Å². The van der Waals surface area contributed by atoms with Gasteiger partial charge in [0.05, 0.1) is 5.75 Å². The van der Waals surface area contributed by atoms with Crippen molar-refractivity contribution in [1.29, 1.82) is 0 Å². The molecule has 0 saturated heterocycles. The fourth-order valence-corrected chi connectivity index (χ4v) is 4.27. The molecule has 102 valence electrons. The fraction of sp³-hybridized carbons (Fsp3) is 1.00. The molecule has 1 N–H and O–H groups in total. The molecular weight excluding hydrogens is 302 g/mol. The van der Waals surface area contributed by atoms with Gasteiger partial charge >= 0.3 is 0 Å². The molecule has 0 aromatic carbocycles. The Bertz CT molecular complexity index is 287. The molecule has 0 aromatic heterocycles. The molecule has 0 aliphatic heterocycles. The second-order valence-electron chi connectivity index (χ2n) is 4.93. The zero-order valence-electron chi connectivity index (χ0n) is 10.5. The van der Waals surface area contributed by atoms with Crippen molar-refractivity contribution in [2.75, 3.05) is 17.6 Å². The monoisotopic (exact) mass is 325 g/mol. The van der Waals surface area contributed by atoms with Crippen LogP contribution in [0.4, 0.5) is 0 Å². The van der Waals surface area contributed by atoms with Gasteiger partial charge < -0.3 is 0 Å². The lowest BCUT2D eigenvalue weighted by atomic mass is 9.91. The molecule has 3 nitrogen and oxygen atoms in total. The van der Waals surface area contributed by atoms with E-state index < -0.39 is 10.0 Å². The molecule has 0 spiro atoms. The second kappa shape index (κ2) is 8.48. The van der Waals surface area contributed by atoms with E-state index in [0.717, 1.165) is 37.4 Å². The van der Waals surface area contributed by atoms with E-state index in [1.54, 1.807) is 0 Å². The van der Waals surface area contributed by atoms with Gasteiger partial charge in [-0.25, -0.2) is 13.1 Å². The maximum atomic E-state index is 11.8. The van der Waals surface area contributed by atoms with Gasteiger partial charge in [-0.2, -0.15) is 0 Å². The Morgan fingerprint density at radius 1 is 1.06 bits per heavy atom. The Labute approximate surface area is 114 Å². The number of rotatable bonds is 8. The first-order valence-electron chi connectivity index (χ1n) is 6.67. The van der Waals surface area contributed by atoms with Crippen LogP contribution in [0.25, 0.3) is 0 Å². The third-order valence-electron chi connectivity index (χ3n) is 3.31. The maximum absolute atomic E-state index is 11.8. The zero-order valence-corrected chi connectivity index (χ0v) is 12.9. The lowest BCUT2D eigenvalue weighted by molar-refractivity contribution is 0.384. The van der Waals surface area contributed by atoms with Crippen LogP contribution in [0.2, 0.25) is 0 Å². The Morgan fingerprint density at radius 2 is 1.76 bits per heavy atom. The molecular formula is C12H24BrNO2S. The van der Waals surface area contributed by atoms with Crippen LogP contribution in [0.1, 0.15) is 51.4 Å². The van der Waals surface area contributed by atoms with Crippen LogP contribution < -0.4 is 4.72 Å². The number of nitrogens with one attached hydrogen (secondary N) is 1. The Kier molecular flexibility index (Phi) is 7.71. The van der Waals surface area contributed by atoms with Gasteiger partial charge in [-0.3, -0.25) is 0 Å². The molecule has 5 heteroatoms. The predicted octanol–water partition coefficient (Wildman–Crippen LogP) is 3.05. The number of hydrogen-bond acceptors (Lipinski definition) is 2. The van der Waals surface area contributed by atoms with Crippen molar-refractivity contribution >= 4 is 26.0 Å². The van der Waals surface area contributed by atoms with Gasteiger partial charge in [0.25, 0.3) is 0 Å². The number of sulfonamides is 1. The average Bonchev–Trinajstić information content (AvgIpc) is 2.29. The van der Waals surface area contributed by atoms with E-state index in [1.807, 2.05) is 0 Å². The number of alkyl halides is 1. The molecule has 17 heavy (non-hydrogen) atoms. The molecule has 0 heterocycles. The summed E-state index contributed by atoms with van der Waals surface area (Å²) < 4.78 is 26.3. The van der Waals surface area contributed by atoms with Crippen LogP contribution in [0.3, 0.4) is 0 Å². The molecule has 0 unspecified atom stereocenters. The number of hydrogen-bond donors (Lipinski definition) is 1. The van der Waals surface area contributed by atoms with Crippen molar-refractivity contribution in [1.82, 2.24) is 4.72 Å². The highest BCUT2D eigenvalue weighted by molar-refractivity contribution is 9.09. The van der Waals surface area contributed by atoms with Gasteiger partial charge in [0.1, 0.15) is 0 Å². The van der Waals surface area contributed by atoms with Crippen LogP contribution in [-0.4, -0.2) is 26.0 Å². The van der Waals surface area contributed by atoms with Gasteiger partial charge in [-0.1, -0.05) is 41.6 Å². The van der Waals surface area contributed by atoms with E-state index >= 15 is 0 Å². The summed E-state index contributed by atoms with van der Waals surface area (Å²) in [4.78, 5) is 0. The summed E-state index contributed by atoms with van der Waals surface area (Å²) in [5.41, 5.74) is 0.